The zero-order chi connectivity index (χ0) is 15.4. The molecule has 0 fully saturated rings. The number of rotatable bonds is 6. The van der Waals surface area contributed by atoms with Crippen LogP contribution in [0.1, 0.15) is 22.5 Å². The number of hydrogen-bond acceptors (Lipinski definition) is 3. The maximum absolute atomic E-state index is 12.4. The highest BCUT2D eigenvalue weighted by atomic mass is 32.2. The van der Waals surface area contributed by atoms with Crippen LogP contribution in [-0.4, -0.2) is 40.0 Å². The Labute approximate surface area is 127 Å². The SMILES string of the molecule is CSCC[C@@H](NC(=O)c1c(C)[nH]c2ccccc12)C(=O)O. The molecule has 0 aliphatic heterocycles. The number of nitrogens with one attached hydrogen (secondary N) is 2. The summed E-state index contributed by atoms with van der Waals surface area (Å²) in [5.74, 6) is -0.669. The monoisotopic (exact) mass is 306 g/mol. The summed E-state index contributed by atoms with van der Waals surface area (Å²) in [4.78, 5) is 26.8. The van der Waals surface area contributed by atoms with Gasteiger partial charge in [0.05, 0.1) is 5.56 Å². The third kappa shape index (κ3) is 3.39. The molecule has 0 spiro atoms. The minimum atomic E-state index is -1.00. The van der Waals surface area contributed by atoms with E-state index in [1.165, 1.54) is 0 Å². The highest BCUT2D eigenvalue weighted by Gasteiger charge is 2.23. The Kier molecular flexibility index (Phi) is 4.90. The van der Waals surface area contributed by atoms with E-state index in [0.717, 1.165) is 16.6 Å². The molecule has 1 amide bonds. The Morgan fingerprint density at radius 2 is 2.10 bits per heavy atom. The van der Waals surface area contributed by atoms with Crippen molar-refractivity contribution in [3.05, 3.63) is 35.5 Å². The highest BCUT2D eigenvalue weighted by Crippen LogP contribution is 2.21. The normalized spacial score (nSPS) is 12.3. The van der Waals surface area contributed by atoms with E-state index in [0.29, 0.717) is 17.7 Å². The minimum Gasteiger partial charge on any atom is -0.480 e. The Morgan fingerprint density at radius 3 is 2.76 bits per heavy atom. The molecule has 0 radical (unpaired) electrons. The number of amides is 1. The summed E-state index contributed by atoms with van der Waals surface area (Å²) in [7, 11) is 0. The Balaban J connectivity index is 2.25. The number of thioether (sulfide) groups is 1. The molecule has 3 N–H and O–H groups in total. The smallest absolute Gasteiger partial charge is 0.326 e. The molecule has 6 heteroatoms. The molecule has 0 saturated heterocycles. The number of carboxylic acid groups (broad SMARTS) is 1. The van der Waals surface area contributed by atoms with Crippen LogP contribution < -0.4 is 5.32 Å². The Hall–Kier alpha value is -1.95. The van der Waals surface area contributed by atoms with Gasteiger partial charge in [-0.25, -0.2) is 4.79 Å². The van der Waals surface area contributed by atoms with Gasteiger partial charge in [0.1, 0.15) is 6.04 Å². The number of benzene rings is 1. The summed E-state index contributed by atoms with van der Waals surface area (Å²) in [5, 5.41) is 12.6. The van der Waals surface area contributed by atoms with E-state index in [9.17, 15) is 14.7 Å². The summed E-state index contributed by atoms with van der Waals surface area (Å²) < 4.78 is 0. The van der Waals surface area contributed by atoms with Crippen LogP contribution >= 0.6 is 11.8 Å². The van der Waals surface area contributed by atoms with E-state index in [-0.39, 0.29) is 5.91 Å². The zero-order valence-electron chi connectivity index (χ0n) is 12.0. The van der Waals surface area contributed by atoms with Gasteiger partial charge in [0, 0.05) is 16.6 Å². The first kappa shape index (κ1) is 15.4. The predicted octanol–water partition coefficient (Wildman–Crippen LogP) is 2.41. The lowest BCUT2D eigenvalue weighted by Crippen LogP contribution is -2.41. The number of aromatic nitrogens is 1. The molecule has 21 heavy (non-hydrogen) atoms. The van der Waals surface area contributed by atoms with Gasteiger partial charge in [0.15, 0.2) is 0 Å². The largest absolute Gasteiger partial charge is 0.480 e. The van der Waals surface area contributed by atoms with Crippen LogP contribution in [0.25, 0.3) is 10.9 Å². The molecule has 1 aromatic carbocycles. The molecule has 112 valence electrons. The lowest BCUT2D eigenvalue weighted by atomic mass is 10.1. The number of H-pyrrole nitrogens is 1. The second kappa shape index (κ2) is 6.67. The van der Waals surface area contributed by atoms with Crippen molar-refractivity contribution in [1.29, 1.82) is 0 Å². The number of para-hydroxylation sites is 1. The number of carbonyl (C=O) groups is 2. The van der Waals surface area contributed by atoms with Crippen molar-refractivity contribution in [2.45, 2.75) is 19.4 Å². The molecule has 0 aliphatic rings. The van der Waals surface area contributed by atoms with Crippen LogP contribution in [0.4, 0.5) is 0 Å². The first-order chi connectivity index (χ1) is 10.0. The molecule has 5 nitrogen and oxygen atoms in total. The van der Waals surface area contributed by atoms with Gasteiger partial charge in [0.25, 0.3) is 5.91 Å². The van der Waals surface area contributed by atoms with Gasteiger partial charge < -0.3 is 15.4 Å². The summed E-state index contributed by atoms with van der Waals surface area (Å²) >= 11 is 1.56. The van der Waals surface area contributed by atoms with Gasteiger partial charge in [0.2, 0.25) is 0 Å². The first-order valence-electron chi connectivity index (χ1n) is 6.64. The number of carboxylic acids is 1. The third-order valence-corrected chi connectivity index (χ3v) is 3.98. The first-order valence-corrected chi connectivity index (χ1v) is 8.04. The van der Waals surface area contributed by atoms with Crippen molar-refractivity contribution in [1.82, 2.24) is 10.3 Å². The van der Waals surface area contributed by atoms with E-state index in [2.05, 4.69) is 10.3 Å². The highest BCUT2D eigenvalue weighted by molar-refractivity contribution is 7.98. The van der Waals surface area contributed by atoms with E-state index < -0.39 is 12.0 Å². The van der Waals surface area contributed by atoms with Gasteiger partial charge >= 0.3 is 5.97 Å². The minimum absolute atomic E-state index is 0.349. The topological polar surface area (TPSA) is 82.2 Å². The number of hydrogen-bond donors (Lipinski definition) is 3. The molecule has 1 atom stereocenters. The molecule has 0 bridgehead atoms. The third-order valence-electron chi connectivity index (χ3n) is 3.33. The van der Waals surface area contributed by atoms with Crippen molar-refractivity contribution in [3.8, 4) is 0 Å². The van der Waals surface area contributed by atoms with Crippen molar-refractivity contribution in [3.63, 3.8) is 0 Å². The van der Waals surface area contributed by atoms with Crippen LogP contribution in [-0.2, 0) is 4.79 Å². The predicted molar refractivity (Wildman–Crippen MR) is 84.9 cm³/mol. The lowest BCUT2D eigenvalue weighted by Gasteiger charge is -2.14. The summed E-state index contributed by atoms with van der Waals surface area (Å²) in [6.07, 6.45) is 2.31. The van der Waals surface area contributed by atoms with Crippen molar-refractivity contribution in [2.24, 2.45) is 0 Å². The van der Waals surface area contributed by atoms with Crippen LogP contribution in [0.3, 0.4) is 0 Å². The van der Waals surface area contributed by atoms with Crippen molar-refractivity contribution in [2.75, 3.05) is 12.0 Å². The molecule has 0 saturated carbocycles. The lowest BCUT2D eigenvalue weighted by molar-refractivity contribution is -0.139. The van der Waals surface area contributed by atoms with Crippen LogP contribution in [0.15, 0.2) is 24.3 Å². The average molecular weight is 306 g/mol. The molecule has 1 aromatic heterocycles. The molecule has 0 aliphatic carbocycles. The molecular formula is C15H18N2O3S. The number of aromatic amines is 1. The number of aryl methyl sites for hydroxylation is 1. The molecule has 1 heterocycles. The quantitative estimate of drug-likeness (QED) is 0.765. The second-order valence-electron chi connectivity index (χ2n) is 4.82. The maximum atomic E-state index is 12.4. The Morgan fingerprint density at radius 1 is 1.38 bits per heavy atom. The van der Waals surface area contributed by atoms with Crippen LogP contribution in [0, 0.1) is 6.92 Å². The second-order valence-corrected chi connectivity index (χ2v) is 5.80. The van der Waals surface area contributed by atoms with E-state index in [1.807, 2.05) is 37.4 Å². The fourth-order valence-electron chi connectivity index (χ4n) is 2.29. The number of fused-ring (bicyclic) bond motifs is 1. The molecule has 0 unspecified atom stereocenters. The van der Waals surface area contributed by atoms with E-state index in [4.69, 9.17) is 0 Å². The molecule has 2 aromatic rings. The standard InChI is InChI=1S/C15H18N2O3S/c1-9-13(10-5-3-4-6-11(10)16-9)14(18)17-12(15(19)20)7-8-21-2/h3-6,12,16H,7-8H2,1-2H3,(H,17,18)(H,19,20)/t12-/m1/s1. The zero-order valence-corrected chi connectivity index (χ0v) is 12.8. The summed E-state index contributed by atoms with van der Waals surface area (Å²) in [6.45, 7) is 1.81. The number of aliphatic carboxylic acids is 1. The fourth-order valence-corrected chi connectivity index (χ4v) is 2.76. The van der Waals surface area contributed by atoms with Crippen molar-refractivity contribution >= 4 is 34.5 Å². The van der Waals surface area contributed by atoms with Gasteiger partial charge in [-0.05, 0) is 31.4 Å². The molecular weight excluding hydrogens is 288 g/mol. The summed E-state index contributed by atoms with van der Waals surface area (Å²) in [6, 6.07) is 6.62. The molecule has 2 rings (SSSR count). The van der Waals surface area contributed by atoms with Gasteiger partial charge in [-0.1, -0.05) is 18.2 Å². The van der Waals surface area contributed by atoms with Crippen LogP contribution in [0.2, 0.25) is 0 Å². The van der Waals surface area contributed by atoms with Crippen molar-refractivity contribution < 1.29 is 14.7 Å². The maximum Gasteiger partial charge on any atom is 0.326 e. The van der Waals surface area contributed by atoms with E-state index >= 15 is 0 Å². The Bertz CT molecular complexity index is 666. The number of carbonyl (C=O) groups excluding carboxylic acids is 1. The van der Waals surface area contributed by atoms with Gasteiger partial charge in [-0.3, -0.25) is 4.79 Å². The van der Waals surface area contributed by atoms with E-state index in [1.54, 1.807) is 11.8 Å². The fraction of sp³-hybridized carbons (Fsp3) is 0.333. The average Bonchev–Trinajstić information content (AvgIpc) is 2.78. The summed E-state index contributed by atoms with van der Waals surface area (Å²) in [5.41, 5.74) is 2.12. The van der Waals surface area contributed by atoms with Crippen LogP contribution in [0.5, 0.6) is 0 Å². The van der Waals surface area contributed by atoms with Gasteiger partial charge in [-0.15, -0.1) is 0 Å². The van der Waals surface area contributed by atoms with Gasteiger partial charge in [-0.2, -0.15) is 11.8 Å².